The molecule has 0 aromatic carbocycles. The summed E-state index contributed by atoms with van der Waals surface area (Å²) in [6.07, 6.45) is 3.29. The monoisotopic (exact) mass is 268 g/mol. The highest BCUT2D eigenvalue weighted by Gasteiger charge is 2.14. The standard InChI is InChI=1S/C15H28N2S/c1-5-13-6-7-14(18-13)11-17-9-8-12(16)10-15(2,3)4/h6-7,12,17H,5,8-11,16H2,1-4H3. The molecule has 1 aromatic heterocycles. The predicted molar refractivity (Wildman–Crippen MR) is 82.1 cm³/mol. The number of nitrogens with two attached hydrogens (primary N) is 1. The topological polar surface area (TPSA) is 38.0 Å². The highest BCUT2D eigenvalue weighted by Crippen LogP contribution is 2.21. The minimum atomic E-state index is 0.312. The van der Waals surface area contributed by atoms with Gasteiger partial charge in [0, 0.05) is 22.3 Å². The van der Waals surface area contributed by atoms with Crippen molar-refractivity contribution in [1.29, 1.82) is 0 Å². The van der Waals surface area contributed by atoms with Crippen molar-refractivity contribution in [2.75, 3.05) is 6.54 Å². The van der Waals surface area contributed by atoms with Crippen LogP contribution in [0.4, 0.5) is 0 Å². The Kier molecular flexibility index (Phi) is 6.33. The lowest BCUT2D eigenvalue weighted by Crippen LogP contribution is -2.30. The van der Waals surface area contributed by atoms with Crippen molar-refractivity contribution in [3.63, 3.8) is 0 Å². The Morgan fingerprint density at radius 1 is 1.28 bits per heavy atom. The van der Waals surface area contributed by atoms with Crippen LogP contribution in [0.3, 0.4) is 0 Å². The second-order valence-corrected chi connectivity index (χ2v) is 7.46. The minimum Gasteiger partial charge on any atom is -0.328 e. The van der Waals surface area contributed by atoms with Gasteiger partial charge in [-0.1, -0.05) is 27.7 Å². The van der Waals surface area contributed by atoms with Crippen LogP contribution in [0, 0.1) is 5.41 Å². The lowest BCUT2D eigenvalue weighted by atomic mass is 9.87. The molecule has 0 aliphatic rings. The molecule has 0 amide bonds. The third-order valence-corrected chi connectivity index (χ3v) is 4.16. The number of hydrogen-bond acceptors (Lipinski definition) is 3. The van der Waals surface area contributed by atoms with Crippen LogP contribution in [0.15, 0.2) is 12.1 Å². The van der Waals surface area contributed by atoms with E-state index in [0.717, 1.165) is 32.4 Å². The number of aryl methyl sites for hydroxylation is 1. The first kappa shape index (κ1) is 15.7. The van der Waals surface area contributed by atoms with E-state index in [1.54, 1.807) is 0 Å². The van der Waals surface area contributed by atoms with Gasteiger partial charge < -0.3 is 11.1 Å². The third-order valence-electron chi connectivity index (χ3n) is 2.93. The van der Waals surface area contributed by atoms with Crippen molar-refractivity contribution in [3.05, 3.63) is 21.9 Å². The Hall–Kier alpha value is -0.380. The first-order valence-corrected chi connectivity index (χ1v) is 7.76. The Morgan fingerprint density at radius 3 is 2.50 bits per heavy atom. The zero-order valence-electron chi connectivity index (χ0n) is 12.3. The molecule has 1 atom stereocenters. The van der Waals surface area contributed by atoms with Gasteiger partial charge in [0.1, 0.15) is 0 Å². The molecule has 0 saturated heterocycles. The molecular formula is C15H28N2S. The van der Waals surface area contributed by atoms with Gasteiger partial charge in [0.05, 0.1) is 0 Å². The molecule has 0 radical (unpaired) electrons. The molecule has 1 heterocycles. The molecule has 2 nitrogen and oxygen atoms in total. The van der Waals surface area contributed by atoms with Crippen LogP contribution in [0.25, 0.3) is 0 Å². The van der Waals surface area contributed by atoms with Crippen LogP contribution in [0.1, 0.15) is 50.3 Å². The van der Waals surface area contributed by atoms with E-state index in [1.165, 1.54) is 9.75 Å². The van der Waals surface area contributed by atoms with Crippen molar-refractivity contribution < 1.29 is 0 Å². The Labute approximate surface area is 116 Å². The predicted octanol–water partition coefficient (Wildman–Crippen LogP) is 3.55. The van der Waals surface area contributed by atoms with Crippen LogP contribution in [0.5, 0.6) is 0 Å². The van der Waals surface area contributed by atoms with Crippen molar-refractivity contribution in [3.8, 4) is 0 Å². The molecule has 0 aliphatic heterocycles. The van der Waals surface area contributed by atoms with E-state index in [4.69, 9.17) is 5.73 Å². The highest BCUT2D eigenvalue weighted by molar-refractivity contribution is 7.11. The van der Waals surface area contributed by atoms with Gasteiger partial charge in [0.25, 0.3) is 0 Å². The van der Waals surface area contributed by atoms with E-state index < -0.39 is 0 Å². The molecule has 1 rings (SSSR count). The number of thiophene rings is 1. The number of nitrogens with one attached hydrogen (secondary N) is 1. The molecule has 0 bridgehead atoms. The quantitative estimate of drug-likeness (QED) is 0.742. The first-order valence-electron chi connectivity index (χ1n) is 6.94. The summed E-state index contributed by atoms with van der Waals surface area (Å²) in [6.45, 7) is 10.9. The molecule has 3 N–H and O–H groups in total. The highest BCUT2D eigenvalue weighted by atomic mass is 32.1. The Bertz CT molecular complexity index is 339. The summed E-state index contributed by atoms with van der Waals surface area (Å²) in [5, 5.41) is 3.49. The second kappa shape index (κ2) is 7.27. The lowest BCUT2D eigenvalue weighted by Gasteiger charge is -2.23. The van der Waals surface area contributed by atoms with Gasteiger partial charge in [-0.05, 0) is 43.4 Å². The third kappa shape index (κ3) is 6.53. The summed E-state index contributed by atoms with van der Waals surface area (Å²) in [7, 11) is 0. The van der Waals surface area contributed by atoms with E-state index in [-0.39, 0.29) is 0 Å². The van der Waals surface area contributed by atoms with E-state index in [1.807, 2.05) is 11.3 Å². The van der Waals surface area contributed by atoms with Crippen molar-refractivity contribution in [1.82, 2.24) is 5.32 Å². The van der Waals surface area contributed by atoms with Crippen LogP contribution in [-0.2, 0) is 13.0 Å². The molecule has 1 aromatic rings. The average molecular weight is 268 g/mol. The van der Waals surface area contributed by atoms with Crippen molar-refractivity contribution >= 4 is 11.3 Å². The summed E-state index contributed by atoms with van der Waals surface area (Å²) in [5.41, 5.74) is 6.46. The van der Waals surface area contributed by atoms with Crippen LogP contribution >= 0.6 is 11.3 Å². The molecule has 0 spiro atoms. The molecule has 0 fully saturated rings. The first-order chi connectivity index (χ1) is 8.40. The average Bonchev–Trinajstić information content (AvgIpc) is 2.70. The van der Waals surface area contributed by atoms with Gasteiger partial charge in [-0.3, -0.25) is 0 Å². The van der Waals surface area contributed by atoms with Gasteiger partial charge in [0.2, 0.25) is 0 Å². The molecule has 1 unspecified atom stereocenters. The summed E-state index contributed by atoms with van der Waals surface area (Å²) < 4.78 is 0. The minimum absolute atomic E-state index is 0.312. The zero-order chi connectivity index (χ0) is 13.6. The number of rotatable bonds is 7. The van der Waals surface area contributed by atoms with E-state index in [9.17, 15) is 0 Å². The van der Waals surface area contributed by atoms with Gasteiger partial charge in [-0.2, -0.15) is 0 Å². The Balaban J connectivity index is 2.15. The van der Waals surface area contributed by atoms with E-state index in [2.05, 4.69) is 45.1 Å². The molecule has 3 heteroatoms. The molecule has 0 saturated carbocycles. The van der Waals surface area contributed by atoms with Crippen molar-refractivity contribution in [2.24, 2.45) is 11.1 Å². The van der Waals surface area contributed by atoms with Crippen molar-refractivity contribution in [2.45, 2.75) is 59.5 Å². The maximum atomic E-state index is 6.13. The maximum Gasteiger partial charge on any atom is 0.0299 e. The zero-order valence-corrected chi connectivity index (χ0v) is 13.1. The fourth-order valence-corrected chi connectivity index (χ4v) is 3.02. The lowest BCUT2D eigenvalue weighted by molar-refractivity contribution is 0.329. The maximum absolute atomic E-state index is 6.13. The van der Waals surface area contributed by atoms with Crippen LogP contribution in [0.2, 0.25) is 0 Å². The normalized spacial score (nSPS) is 13.8. The molecular weight excluding hydrogens is 240 g/mol. The second-order valence-electron chi connectivity index (χ2n) is 6.21. The molecule has 104 valence electrons. The van der Waals surface area contributed by atoms with Crippen LogP contribution in [-0.4, -0.2) is 12.6 Å². The number of hydrogen-bond donors (Lipinski definition) is 2. The fourth-order valence-electron chi connectivity index (χ4n) is 2.10. The van der Waals surface area contributed by atoms with Gasteiger partial charge in [-0.25, -0.2) is 0 Å². The summed E-state index contributed by atoms with van der Waals surface area (Å²) in [4.78, 5) is 2.90. The SMILES string of the molecule is CCc1ccc(CNCCC(N)CC(C)(C)C)s1. The molecule has 18 heavy (non-hydrogen) atoms. The summed E-state index contributed by atoms with van der Waals surface area (Å²) >= 11 is 1.91. The van der Waals surface area contributed by atoms with E-state index >= 15 is 0 Å². The summed E-state index contributed by atoms with van der Waals surface area (Å²) in [5.74, 6) is 0. The van der Waals surface area contributed by atoms with Gasteiger partial charge in [0.15, 0.2) is 0 Å². The largest absolute Gasteiger partial charge is 0.328 e. The van der Waals surface area contributed by atoms with E-state index in [0.29, 0.717) is 11.5 Å². The molecule has 0 aliphatic carbocycles. The smallest absolute Gasteiger partial charge is 0.0299 e. The summed E-state index contributed by atoms with van der Waals surface area (Å²) in [6, 6.07) is 4.77. The van der Waals surface area contributed by atoms with Crippen LogP contribution < -0.4 is 11.1 Å². The van der Waals surface area contributed by atoms with Gasteiger partial charge in [-0.15, -0.1) is 11.3 Å². The Morgan fingerprint density at radius 2 is 1.94 bits per heavy atom. The fraction of sp³-hybridized carbons (Fsp3) is 0.733. The van der Waals surface area contributed by atoms with Gasteiger partial charge >= 0.3 is 0 Å².